The molecule has 0 unspecified atom stereocenters. The number of nitrogens with zero attached hydrogens (tertiary/aromatic N) is 3. The van der Waals surface area contributed by atoms with Crippen molar-refractivity contribution in [1.82, 2.24) is 9.88 Å². The number of hydrogen-bond donors (Lipinski definition) is 1. The number of carbonyl (C=O) groups excluding carboxylic acids is 1. The van der Waals surface area contributed by atoms with E-state index in [1.165, 1.54) is 23.5 Å². The molecule has 0 bridgehead atoms. The molecule has 0 spiro atoms. The predicted molar refractivity (Wildman–Crippen MR) is 80.6 cm³/mol. The molecule has 1 amide bonds. The van der Waals surface area contributed by atoms with Crippen LogP contribution in [-0.2, 0) is 11.3 Å². The van der Waals surface area contributed by atoms with Gasteiger partial charge in [-0.1, -0.05) is 6.07 Å². The third-order valence-electron chi connectivity index (χ3n) is 3.37. The topological polar surface area (TPSA) is 62.5 Å². The normalized spacial score (nSPS) is 16.4. The number of carbonyl (C=O) groups is 1. The number of nitrogen functional groups attached to an aromatic ring is 1. The standard InChI is InChI=1S/C14H15FN4OS/c15-10-2-1-3-11(6-10)19-5-4-18(9-13(19)20)8-12-7-17-14(16)21-12/h1-3,6-7H,4-5,8-9H2,(H2,16,17). The molecule has 0 saturated carbocycles. The molecular weight excluding hydrogens is 291 g/mol. The number of anilines is 2. The van der Waals surface area contributed by atoms with Crippen LogP contribution < -0.4 is 10.6 Å². The van der Waals surface area contributed by atoms with Gasteiger partial charge < -0.3 is 10.6 Å². The maximum Gasteiger partial charge on any atom is 0.241 e. The van der Waals surface area contributed by atoms with Crippen LogP contribution in [0.15, 0.2) is 30.5 Å². The maximum absolute atomic E-state index is 13.2. The highest BCUT2D eigenvalue weighted by molar-refractivity contribution is 7.15. The molecule has 1 aromatic carbocycles. The summed E-state index contributed by atoms with van der Waals surface area (Å²) in [5.41, 5.74) is 6.21. The summed E-state index contributed by atoms with van der Waals surface area (Å²) in [7, 11) is 0. The Bertz CT molecular complexity index is 660. The van der Waals surface area contributed by atoms with E-state index in [2.05, 4.69) is 4.98 Å². The monoisotopic (exact) mass is 306 g/mol. The minimum Gasteiger partial charge on any atom is -0.375 e. The number of thiazole rings is 1. The Morgan fingerprint density at radius 1 is 1.38 bits per heavy atom. The van der Waals surface area contributed by atoms with Crippen molar-refractivity contribution in [3.05, 3.63) is 41.2 Å². The van der Waals surface area contributed by atoms with E-state index in [9.17, 15) is 9.18 Å². The van der Waals surface area contributed by atoms with Crippen molar-refractivity contribution in [3.8, 4) is 0 Å². The first kappa shape index (κ1) is 14.0. The number of hydrogen-bond acceptors (Lipinski definition) is 5. The van der Waals surface area contributed by atoms with E-state index in [0.29, 0.717) is 30.5 Å². The van der Waals surface area contributed by atoms with Crippen molar-refractivity contribution in [2.24, 2.45) is 0 Å². The molecule has 7 heteroatoms. The largest absolute Gasteiger partial charge is 0.375 e. The van der Waals surface area contributed by atoms with Crippen LogP contribution in [0.4, 0.5) is 15.2 Å². The van der Waals surface area contributed by atoms with Gasteiger partial charge in [0, 0.05) is 36.4 Å². The lowest BCUT2D eigenvalue weighted by atomic mass is 10.2. The van der Waals surface area contributed by atoms with Crippen LogP contribution in [0.3, 0.4) is 0 Å². The van der Waals surface area contributed by atoms with Gasteiger partial charge in [0.15, 0.2) is 5.13 Å². The molecule has 1 saturated heterocycles. The number of rotatable bonds is 3. The Morgan fingerprint density at radius 2 is 2.24 bits per heavy atom. The predicted octanol–water partition coefficient (Wildman–Crippen LogP) is 1.71. The van der Waals surface area contributed by atoms with Gasteiger partial charge in [-0.2, -0.15) is 0 Å². The number of aromatic nitrogens is 1. The van der Waals surface area contributed by atoms with E-state index in [0.717, 1.165) is 11.4 Å². The molecule has 5 nitrogen and oxygen atoms in total. The molecule has 0 aliphatic carbocycles. The summed E-state index contributed by atoms with van der Waals surface area (Å²) in [6.45, 7) is 2.27. The van der Waals surface area contributed by atoms with Crippen molar-refractivity contribution in [3.63, 3.8) is 0 Å². The molecule has 1 aliphatic rings. The molecule has 1 fully saturated rings. The van der Waals surface area contributed by atoms with E-state index in [1.54, 1.807) is 23.2 Å². The first-order chi connectivity index (χ1) is 10.1. The SMILES string of the molecule is Nc1ncc(CN2CCN(c3cccc(F)c3)C(=O)C2)s1. The molecule has 2 N–H and O–H groups in total. The van der Waals surface area contributed by atoms with E-state index in [1.807, 2.05) is 4.90 Å². The highest BCUT2D eigenvalue weighted by Gasteiger charge is 2.25. The fraction of sp³-hybridized carbons (Fsp3) is 0.286. The zero-order chi connectivity index (χ0) is 14.8. The van der Waals surface area contributed by atoms with Crippen LogP contribution in [0, 0.1) is 5.82 Å². The maximum atomic E-state index is 13.2. The third kappa shape index (κ3) is 3.20. The average molecular weight is 306 g/mol. The average Bonchev–Trinajstić information content (AvgIpc) is 2.84. The van der Waals surface area contributed by atoms with Crippen molar-refractivity contribution in [2.45, 2.75) is 6.54 Å². The molecule has 21 heavy (non-hydrogen) atoms. The molecule has 2 heterocycles. The van der Waals surface area contributed by atoms with Crippen LogP contribution in [0.2, 0.25) is 0 Å². The van der Waals surface area contributed by atoms with Gasteiger partial charge in [0.1, 0.15) is 5.82 Å². The van der Waals surface area contributed by atoms with Gasteiger partial charge in [-0.05, 0) is 18.2 Å². The van der Waals surface area contributed by atoms with Crippen LogP contribution in [0.25, 0.3) is 0 Å². The fourth-order valence-electron chi connectivity index (χ4n) is 2.39. The molecule has 1 aromatic heterocycles. The second-order valence-electron chi connectivity index (χ2n) is 4.90. The minimum absolute atomic E-state index is 0.0238. The first-order valence-electron chi connectivity index (χ1n) is 6.60. The molecule has 1 aliphatic heterocycles. The van der Waals surface area contributed by atoms with Crippen molar-refractivity contribution < 1.29 is 9.18 Å². The summed E-state index contributed by atoms with van der Waals surface area (Å²) >= 11 is 1.43. The van der Waals surface area contributed by atoms with Gasteiger partial charge in [-0.15, -0.1) is 11.3 Å². The number of piperazine rings is 1. The Kier molecular flexibility index (Phi) is 3.85. The summed E-state index contributed by atoms with van der Waals surface area (Å²) in [5, 5.41) is 0.537. The van der Waals surface area contributed by atoms with Gasteiger partial charge in [-0.25, -0.2) is 9.37 Å². The summed E-state index contributed by atoms with van der Waals surface area (Å²) in [4.78, 5) is 21.0. The van der Waals surface area contributed by atoms with E-state index in [4.69, 9.17) is 5.73 Å². The smallest absolute Gasteiger partial charge is 0.241 e. The Morgan fingerprint density at radius 3 is 2.90 bits per heavy atom. The number of halogens is 1. The molecule has 110 valence electrons. The summed E-state index contributed by atoms with van der Waals surface area (Å²) in [6, 6.07) is 6.13. The zero-order valence-corrected chi connectivity index (χ0v) is 12.1. The number of nitrogens with two attached hydrogens (primary N) is 1. The second-order valence-corrected chi connectivity index (χ2v) is 6.05. The lowest BCUT2D eigenvalue weighted by Gasteiger charge is -2.34. The van der Waals surface area contributed by atoms with Crippen molar-refractivity contribution in [2.75, 3.05) is 30.3 Å². The quantitative estimate of drug-likeness (QED) is 0.938. The highest BCUT2D eigenvalue weighted by atomic mass is 32.1. The van der Waals surface area contributed by atoms with E-state index >= 15 is 0 Å². The number of benzene rings is 1. The van der Waals surface area contributed by atoms with Gasteiger partial charge in [-0.3, -0.25) is 9.69 Å². The minimum atomic E-state index is -0.331. The Balaban J connectivity index is 1.65. The number of amides is 1. The van der Waals surface area contributed by atoms with E-state index < -0.39 is 0 Å². The van der Waals surface area contributed by atoms with Gasteiger partial charge in [0.2, 0.25) is 5.91 Å². The Labute approximate surface area is 125 Å². The molecule has 3 rings (SSSR count). The van der Waals surface area contributed by atoms with Crippen LogP contribution in [0.5, 0.6) is 0 Å². The highest BCUT2D eigenvalue weighted by Crippen LogP contribution is 2.21. The summed E-state index contributed by atoms with van der Waals surface area (Å²) in [6.07, 6.45) is 1.74. The van der Waals surface area contributed by atoms with Gasteiger partial charge in [0.25, 0.3) is 0 Å². The van der Waals surface area contributed by atoms with Crippen molar-refractivity contribution in [1.29, 1.82) is 0 Å². The van der Waals surface area contributed by atoms with Crippen LogP contribution in [-0.4, -0.2) is 35.4 Å². The molecule has 0 radical (unpaired) electrons. The Hall–Kier alpha value is -1.99. The van der Waals surface area contributed by atoms with Gasteiger partial charge in [0.05, 0.1) is 6.54 Å². The summed E-state index contributed by atoms with van der Waals surface area (Å²) < 4.78 is 13.2. The molecule has 0 atom stereocenters. The van der Waals surface area contributed by atoms with Crippen molar-refractivity contribution >= 4 is 28.1 Å². The van der Waals surface area contributed by atoms with Crippen LogP contribution in [0.1, 0.15) is 4.88 Å². The lowest BCUT2D eigenvalue weighted by molar-refractivity contribution is -0.121. The molecule has 2 aromatic rings. The van der Waals surface area contributed by atoms with Gasteiger partial charge >= 0.3 is 0 Å². The fourth-order valence-corrected chi connectivity index (χ4v) is 3.12. The molecular formula is C14H15FN4OS. The van der Waals surface area contributed by atoms with E-state index in [-0.39, 0.29) is 11.7 Å². The second kappa shape index (κ2) is 5.79. The summed E-state index contributed by atoms with van der Waals surface area (Å²) in [5.74, 6) is -0.354. The lowest BCUT2D eigenvalue weighted by Crippen LogP contribution is -2.50. The third-order valence-corrected chi connectivity index (χ3v) is 4.18. The zero-order valence-electron chi connectivity index (χ0n) is 11.3. The van der Waals surface area contributed by atoms with Crippen LogP contribution >= 0.6 is 11.3 Å². The first-order valence-corrected chi connectivity index (χ1v) is 7.42.